The summed E-state index contributed by atoms with van der Waals surface area (Å²) in [5.41, 5.74) is 1.51. The molecule has 0 radical (unpaired) electrons. The van der Waals surface area contributed by atoms with E-state index in [1.807, 2.05) is 0 Å². The molecular weight excluding hydrogens is 388 g/mol. The van der Waals surface area contributed by atoms with Crippen molar-refractivity contribution in [3.8, 4) is 11.5 Å². The van der Waals surface area contributed by atoms with Crippen LogP contribution in [0.1, 0.15) is 42.6 Å². The van der Waals surface area contributed by atoms with E-state index in [-0.39, 0.29) is 29.5 Å². The number of carboxylic acids is 1. The first kappa shape index (κ1) is 19.2. The summed E-state index contributed by atoms with van der Waals surface area (Å²) in [5, 5.41) is 8.90. The Kier molecular flexibility index (Phi) is 4.93. The van der Waals surface area contributed by atoms with Crippen molar-refractivity contribution in [1.29, 1.82) is 0 Å². The van der Waals surface area contributed by atoms with E-state index in [1.54, 1.807) is 42.5 Å². The normalized spacial score (nSPS) is 12.6. The zero-order chi connectivity index (χ0) is 21.3. The smallest absolute Gasteiger partial charge is 0.371 e. The Labute approximate surface area is 171 Å². The van der Waals surface area contributed by atoms with Crippen molar-refractivity contribution in [1.82, 2.24) is 0 Å². The first-order valence-corrected chi connectivity index (χ1v) is 9.01. The molecule has 0 amide bonds. The number of aromatic carboxylic acids is 1. The lowest BCUT2D eigenvalue weighted by Crippen LogP contribution is -2.01. The molecule has 4 rings (SSSR count). The van der Waals surface area contributed by atoms with Gasteiger partial charge in [0.15, 0.2) is 23.1 Å². The van der Waals surface area contributed by atoms with Gasteiger partial charge in [-0.05, 0) is 35.9 Å². The van der Waals surface area contributed by atoms with Crippen molar-refractivity contribution in [3.05, 3.63) is 88.4 Å². The number of hydrogen-bond donors (Lipinski definition) is 1. The highest BCUT2D eigenvalue weighted by Crippen LogP contribution is 2.32. The summed E-state index contributed by atoms with van der Waals surface area (Å²) < 4.78 is 16.2. The van der Waals surface area contributed by atoms with Crippen molar-refractivity contribution >= 4 is 23.6 Å². The molecule has 1 aliphatic carbocycles. The standard InChI is InChI=1S/C23H16O7/c1-28-20-11-13(10-17-21(24)15-4-2-3-5-16(15)22(17)25)6-8-18(20)29-12-14-7-9-19(30-14)23(26)27/h2-11H,12H2,1H3,(H,26,27). The molecule has 0 fully saturated rings. The van der Waals surface area contributed by atoms with Gasteiger partial charge in [-0.2, -0.15) is 0 Å². The quantitative estimate of drug-likeness (QED) is 0.489. The van der Waals surface area contributed by atoms with E-state index in [0.29, 0.717) is 33.9 Å². The van der Waals surface area contributed by atoms with Gasteiger partial charge in [0.1, 0.15) is 12.4 Å². The fraction of sp³-hybridized carbons (Fsp3) is 0.0870. The highest BCUT2D eigenvalue weighted by Gasteiger charge is 2.32. The van der Waals surface area contributed by atoms with E-state index in [4.69, 9.17) is 19.0 Å². The summed E-state index contributed by atoms with van der Waals surface area (Å²) in [6.45, 7) is 0.0103. The van der Waals surface area contributed by atoms with Crippen LogP contribution in [-0.4, -0.2) is 29.8 Å². The van der Waals surface area contributed by atoms with Crippen LogP contribution in [0.2, 0.25) is 0 Å². The maximum atomic E-state index is 12.5. The van der Waals surface area contributed by atoms with E-state index in [2.05, 4.69) is 0 Å². The van der Waals surface area contributed by atoms with E-state index in [9.17, 15) is 14.4 Å². The Morgan fingerprint density at radius 1 is 1.00 bits per heavy atom. The zero-order valence-electron chi connectivity index (χ0n) is 15.9. The summed E-state index contributed by atoms with van der Waals surface area (Å²) >= 11 is 0. The number of fused-ring (bicyclic) bond motifs is 1. The number of allylic oxidation sites excluding steroid dienone is 1. The minimum Gasteiger partial charge on any atom is -0.493 e. The maximum Gasteiger partial charge on any atom is 0.371 e. The molecule has 150 valence electrons. The lowest BCUT2D eigenvalue weighted by atomic mass is 10.1. The number of rotatable bonds is 6. The minimum atomic E-state index is -1.16. The van der Waals surface area contributed by atoms with Crippen LogP contribution in [0.3, 0.4) is 0 Å². The summed E-state index contributed by atoms with van der Waals surface area (Å²) in [6.07, 6.45) is 1.53. The summed E-state index contributed by atoms with van der Waals surface area (Å²) in [7, 11) is 1.47. The third-order valence-electron chi connectivity index (χ3n) is 4.65. The van der Waals surface area contributed by atoms with Gasteiger partial charge in [-0.3, -0.25) is 9.59 Å². The predicted octanol–water partition coefficient (Wildman–Crippen LogP) is 4.03. The van der Waals surface area contributed by atoms with Crippen LogP contribution in [0, 0.1) is 0 Å². The molecule has 0 bridgehead atoms. The van der Waals surface area contributed by atoms with Crippen molar-refractivity contribution in [3.63, 3.8) is 0 Å². The molecule has 0 unspecified atom stereocenters. The van der Waals surface area contributed by atoms with Crippen molar-refractivity contribution in [2.45, 2.75) is 6.61 Å². The molecule has 1 N–H and O–H groups in total. The third-order valence-corrected chi connectivity index (χ3v) is 4.65. The molecule has 0 aliphatic heterocycles. The number of ketones is 2. The van der Waals surface area contributed by atoms with Crippen LogP contribution in [0.5, 0.6) is 11.5 Å². The molecule has 0 spiro atoms. The van der Waals surface area contributed by atoms with Gasteiger partial charge in [0, 0.05) is 11.1 Å². The van der Waals surface area contributed by atoms with Crippen LogP contribution in [0.25, 0.3) is 6.08 Å². The summed E-state index contributed by atoms with van der Waals surface area (Å²) in [4.78, 5) is 36.0. The number of carbonyl (C=O) groups excluding carboxylic acids is 2. The molecule has 0 saturated heterocycles. The second kappa shape index (κ2) is 7.71. The Morgan fingerprint density at radius 2 is 1.70 bits per heavy atom. The van der Waals surface area contributed by atoms with Gasteiger partial charge in [0.05, 0.1) is 12.7 Å². The third kappa shape index (κ3) is 3.48. The van der Waals surface area contributed by atoms with Crippen LogP contribution in [-0.2, 0) is 6.61 Å². The van der Waals surface area contributed by atoms with Crippen molar-refractivity contribution < 1.29 is 33.4 Å². The number of benzene rings is 2. The van der Waals surface area contributed by atoms with Crippen LogP contribution < -0.4 is 9.47 Å². The molecule has 30 heavy (non-hydrogen) atoms. The molecule has 0 saturated carbocycles. The van der Waals surface area contributed by atoms with Gasteiger partial charge < -0.3 is 19.0 Å². The number of furan rings is 1. The molecule has 7 heteroatoms. The molecule has 7 nitrogen and oxygen atoms in total. The van der Waals surface area contributed by atoms with Gasteiger partial charge in [-0.15, -0.1) is 0 Å². The topological polar surface area (TPSA) is 103 Å². The second-order valence-corrected chi connectivity index (χ2v) is 6.53. The Morgan fingerprint density at radius 3 is 2.30 bits per heavy atom. The number of ether oxygens (including phenoxy) is 2. The fourth-order valence-electron chi connectivity index (χ4n) is 3.18. The summed E-state index contributed by atoms with van der Waals surface area (Å²) in [5.74, 6) is -0.793. The number of carbonyl (C=O) groups is 3. The van der Waals surface area contributed by atoms with E-state index >= 15 is 0 Å². The monoisotopic (exact) mass is 404 g/mol. The molecule has 1 aromatic heterocycles. The lowest BCUT2D eigenvalue weighted by Gasteiger charge is -2.10. The van der Waals surface area contributed by atoms with Crippen LogP contribution in [0.15, 0.2) is 64.6 Å². The molecule has 0 atom stereocenters. The van der Waals surface area contributed by atoms with Gasteiger partial charge in [-0.25, -0.2) is 4.79 Å². The average Bonchev–Trinajstić information content (AvgIpc) is 3.32. The first-order valence-electron chi connectivity index (χ1n) is 9.01. The Balaban J connectivity index is 1.55. The highest BCUT2D eigenvalue weighted by molar-refractivity contribution is 6.41. The van der Waals surface area contributed by atoms with Gasteiger partial charge in [-0.1, -0.05) is 30.3 Å². The van der Waals surface area contributed by atoms with E-state index < -0.39 is 5.97 Å². The lowest BCUT2D eigenvalue weighted by molar-refractivity contribution is 0.0657. The number of methoxy groups -OCH3 is 1. The molecular formula is C23H16O7. The molecule has 3 aromatic rings. The van der Waals surface area contributed by atoms with Crippen molar-refractivity contribution in [2.24, 2.45) is 0 Å². The SMILES string of the molecule is COc1cc(C=C2C(=O)c3ccccc3C2=O)ccc1OCc1ccc(C(=O)O)o1. The largest absolute Gasteiger partial charge is 0.493 e. The molecule has 2 aromatic carbocycles. The Bertz CT molecular complexity index is 1160. The number of Topliss-reactive ketones (excluding diaryl/α,β-unsaturated/α-hetero) is 2. The average molecular weight is 404 g/mol. The minimum absolute atomic E-state index is 0.0103. The zero-order valence-corrected chi connectivity index (χ0v) is 15.9. The number of carboxylic acid groups (broad SMARTS) is 1. The van der Waals surface area contributed by atoms with Gasteiger partial charge >= 0.3 is 5.97 Å². The van der Waals surface area contributed by atoms with Crippen LogP contribution in [0.4, 0.5) is 0 Å². The highest BCUT2D eigenvalue weighted by atomic mass is 16.5. The molecule has 1 aliphatic rings. The second-order valence-electron chi connectivity index (χ2n) is 6.53. The molecule has 1 heterocycles. The van der Waals surface area contributed by atoms with Crippen LogP contribution >= 0.6 is 0 Å². The van der Waals surface area contributed by atoms with Crippen molar-refractivity contribution in [2.75, 3.05) is 7.11 Å². The van der Waals surface area contributed by atoms with E-state index in [0.717, 1.165) is 0 Å². The first-order chi connectivity index (χ1) is 14.5. The Hall–Kier alpha value is -4.13. The summed E-state index contributed by atoms with van der Waals surface area (Å²) in [6, 6.07) is 14.6. The van der Waals surface area contributed by atoms with E-state index in [1.165, 1.54) is 25.3 Å². The van der Waals surface area contributed by atoms with Gasteiger partial charge in [0.2, 0.25) is 5.76 Å². The predicted molar refractivity (Wildman–Crippen MR) is 106 cm³/mol. The van der Waals surface area contributed by atoms with Gasteiger partial charge in [0.25, 0.3) is 0 Å². The maximum absolute atomic E-state index is 12.5. The number of hydrogen-bond acceptors (Lipinski definition) is 6. The fourth-order valence-corrected chi connectivity index (χ4v) is 3.18.